The van der Waals surface area contributed by atoms with Gasteiger partial charge >= 0.3 is 0 Å². The van der Waals surface area contributed by atoms with Gasteiger partial charge in [0, 0.05) is 41.5 Å². The fourth-order valence-electron chi connectivity index (χ4n) is 3.43. The predicted octanol–water partition coefficient (Wildman–Crippen LogP) is 3.74. The molecule has 0 amide bonds. The Morgan fingerprint density at radius 3 is 2.59 bits per heavy atom. The number of nitrogens with one attached hydrogen (secondary N) is 3. The SMILES string of the molecule is C/C(N)=C1/NCCC(Nc2ccc(C)cc2)c2cc(/C(C=N)=C/N)ccc21. The number of fused-ring (bicyclic) bond motifs is 1. The Morgan fingerprint density at radius 1 is 1.22 bits per heavy atom. The molecule has 27 heavy (non-hydrogen) atoms. The molecule has 1 aliphatic heterocycles. The quantitative estimate of drug-likeness (QED) is 0.536. The Kier molecular flexibility index (Phi) is 5.50. The second kappa shape index (κ2) is 7.99. The van der Waals surface area contributed by atoms with E-state index in [0.717, 1.165) is 46.7 Å². The highest BCUT2D eigenvalue weighted by atomic mass is 15.0. The van der Waals surface area contributed by atoms with Crippen molar-refractivity contribution in [3.8, 4) is 0 Å². The molecule has 5 nitrogen and oxygen atoms in total. The normalized spacial score (nSPS) is 18.7. The molecule has 0 saturated heterocycles. The number of allylic oxidation sites excluding steroid dienone is 2. The van der Waals surface area contributed by atoms with Crippen molar-refractivity contribution in [3.05, 3.63) is 76.6 Å². The molecule has 1 atom stereocenters. The number of aryl methyl sites for hydroxylation is 1. The van der Waals surface area contributed by atoms with Gasteiger partial charge in [0.25, 0.3) is 0 Å². The molecule has 0 spiro atoms. The average molecular weight is 361 g/mol. The molecule has 1 aliphatic rings. The topological polar surface area (TPSA) is 100.0 Å². The summed E-state index contributed by atoms with van der Waals surface area (Å²) in [6.45, 7) is 4.82. The molecule has 0 aliphatic carbocycles. The van der Waals surface area contributed by atoms with Gasteiger partial charge in [-0.25, -0.2) is 0 Å². The first-order chi connectivity index (χ1) is 13.0. The Balaban J connectivity index is 2.09. The fourth-order valence-corrected chi connectivity index (χ4v) is 3.43. The summed E-state index contributed by atoms with van der Waals surface area (Å²) in [6.07, 6.45) is 3.66. The summed E-state index contributed by atoms with van der Waals surface area (Å²) in [5, 5.41) is 14.7. The number of hydrogen-bond donors (Lipinski definition) is 5. The zero-order chi connectivity index (χ0) is 19.4. The van der Waals surface area contributed by atoms with Gasteiger partial charge in [-0.2, -0.15) is 0 Å². The number of nitrogens with two attached hydrogens (primary N) is 2. The minimum Gasteiger partial charge on any atom is -0.404 e. The van der Waals surface area contributed by atoms with E-state index in [0.29, 0.717) is 5.57 Å². The summed E-state index contributed by atoms with van der Waals surface area (Å²) in [6, 6.07) is 14.7. The molecule has 5 heteroatoms. The first-order valence-corrected chi connectivity index (χ1v) is 9.14. The highest BCUT2D eigenvalue weighted by Gasteiger charge is 2.23. The molecule has 140 valence electrons. The Bertz CT molecular complexity index is 889. The first-order valence-electron chi connectivity index (χ1n) is 9.14. The van der Waals surface area contributed by atoms with Crippen LogP contribution >= 0.6 is 0 Å². The first kappa shape index (κ1) is 18.6. The van der Waals surface area contributed by atoms with Gasteiger partial charge in [0.05, 0.1) is 11.7 Å². The smallest absolute Gasteiger partial charge is 0.0605 e. The highest BCUT2D eigenvalue weighted by molar-refractivity contribution is 6.08. The molecule has 0 aromatic heterocycles. The summed E-state index contributed by atoms with van der Waals surface area (Å²) in [5.41, 5.74) is 19.8. The van der Waals surface area contributed by atoms with Crippen molar-refractivity contribution in [2.75, 3.05) is 11.9 Å². The van der Waals surface area contributed by atoms with Gasteiger partial charge in [-0.1, -0.05) is 29.8 Å². The lowest BCUT2D eigenvalue weighted by Gasteiger charge is -2.21. The molecule has 2 aromatic carbocycles. The van der Waals surface area contributed by atoms with Gasteiger partial charge in [-0.3, -0.25) is 0 Å². The van der Waals surface area contributed by atoms with Crippen LogP contribution in [-0.2, 0) is 0 Å². The van der Waals surface area contributed by atoms with E-state index in [-0.39, 0.29) is 6.04 Å². The summed E-state index contributed by atoms with van der Waals surface area (Å²) in [4.78, 5) is 0. The molecule has 3 rings (SSSR count). The maximum atomic E-state index is 7.61. The van der Waals surface area contributed by atoms with Crippen molar-refractivity contribution in [2.45, 2.75) is 26.3 Å². The van der Waals surface area contributed by atoms with Crippen molar-refractivity contribution in [2.24, 2.45) is 11.5 Å². The van der Waals surface area contributed by atoms with Gasteiger partial charge < -0.3 is 27.5 Å². The summed E-state index contributed by atoms with van der Waals surface area (Å²) < 4.78 is 0. The van der Waals surface area contributed by atoms with Crippen LogP contribution in [0.15, 0.2) is 54.4 Å². The molecule has 0 bridgehead atoms. The Hall–Kier alpha value is -3.21. The largest absolute Gasteiger partial charge is 0.404 e. The maximum absolute atomic E-state index is 7.61. The summed E-state index contributed by atoms with van der Waals surface area (Å²) in [7, 11) is 0. The standard InChI is InChI=1S/C22H27N5/c1-14-3-6-18(7-4-14)27-21-9-10-26-22(15(2)25)19-8-5-16(11-20(19)21)17(12-23)13-24/h3-8,11-13,21,23,26-27H,9-10,24-25H2,1-2H3/b17-13+,22-15-,23-12?. The average Bonchev–Trinajstić information content (AvgIpc) is 2.84. The van der Waals surface area contributed by atoms with E-state index in [4.69, 9.17) is 16.9 Å². The van der Waals surface area contributed by atoms with Crippen LogP contribution in [0.2, 0.25) is 0 Å². The van der Waals surface area contributed by atoms with Crippen LogP contribution in [0.4, 0.5) is 5.69 Å². The molecule has 1 heterocycles. The van der Waals surface area contributed by atoms with E-state index in [1.54, 1.807) is 0 Å². The predicted molar refractivity (Wildman–Crippen MR) is 114 cm³/mol. The molecule has 0 fully saturated rings. The van der Waals surface area contributed by atoms with Crippen molar-refractivity contribution in [3.63, 3.8) is 0 Å². The van der Waals surface area contributed by atoms with Crippen LogP contribution in [0.25, 0.3) is 11.3 Å². The van der Waals surface area contributed by atoms with E-state index in [9.17, 15) is 0 Å². The molecule has 2 aromatic rings. The maximum Gasteiger partial charge on any atom is 0.0605 e. The van der Waals surface area contributed by atoms with Gasteiger partial charge in [-0.05, 0) is 49.6 Å². The van der Waals surface area contributed by atoms with Gasteiger partial charge in [-0.15, -0.1) is 0 Å². The second-order valence-electron chi connectivity index (χ2n) is 6.90. The van der Waals surface area contributed by atoms with Crippen LogP contribution in [0, 0.1) is 12.3 Å². The van der Waals surface area contributed by atoms with E-state index in [1.807, 2.05) is 13.0 Å². The Morgan fingerprint density at radius 2 is 1.96 bits per heavy atom. The van der Waals surface area contributed by atoms with Gasteiger partial charge in [0.1, 0.15) is 0 Å². The van der Waals surface area contributed by atoms with E-state index in [2.05, 4.69) is 54.0 Å². The van der Waals surface area contributed by atoms with Crippen molar-refractivity contribution >= 4 is 23.2 Å². The van der Waals surface area contributed by atoms with Crippen LogP contribution in [0.5, 0.6) is 0 Å². The number of hydrogen-bond acceptors (Lipinski definition) is 5. The minimum atomic E-state index is 0.122. The fraction of sp³-hybridized carbons (Fsp3) is 0.227. The summed E-state index contributed by atoms with van der Waals surface area (Å²) >= 11 is 0. The molecule has 0 radical (unpaired) electrons. The lowest BCUT2D eigenvalue weighted by Crippen LogP contribution is -2.16. The second-order valence-corrected chi connectivity index (χ2v) is 6.90. The van der Waals surface area contributed by atoms with Crippen molar-refractivity contribution in [1.29, 1.82) is 5.41 Å². The molecule has 0 saturated carbocycles. The molecule has 7 N–H and O–H groups in total. The van der Waals surface area contributed by atoms with E-state index in [1.165, 1.54) is 18.0 Å². The Labute approximate surface area is 160 Å². The zero-order valence-corrected chi connectivity index (χ0v) is 15.8. The van der Waals surface area contributed by atoms with Crippen molar-refractivity contribution in [1.82, 2.24) is 5.32 Å². The number of rotatable bonds is 4. The third kappa shape index (κ3) is 3.97. The number of anilines is 1. The lowest BCUT2D eigenvalue weighted by molar-refractivity contribution is 0.682. The van der Waals surface area contributed by atoms with Crippen molar-refractivity contribution < 1.29 is 0 Å². The van der Waals surface area contributed by atoms with Crippen LogP contribution in [0.1, 0.15) is 41.6 Å². The van der Waals surface area contributed by atoms with Gasteiger partial charge in [0.15, 0.2) is 0 Å². The highest BCUT2D eigenvalue weighted by Crippen LogP contribution is 2.34. The number of benzene rings is 2. The van der Waals surface area contributed by atoms with Gasteiger partial charge in [0.2, 0.25) is 0 Å². The van der Waals surface area contributed by atoms with Crippen LogP contribution in [-0.4, -0.2) is 12.8 Å². The van der Waals surface area contributed by atoms with Crippen LogP contribution in [0.3, 0.4) is 0 Å². The van der Waals surface area contributed by atoms with Crippen LogP contribution < -0.4 is 22.1 Å². The third-order valence-electron chi connectivity index (χ3n) is 4.89. The van der Waals surface area contributed by atoms with E-state index < -0.39 is 0 Å². The third-order valence-corrected chi connectivity index (χ3v) is 4.89. The lowest BCUT2D eigenvalue weighted by atomic mass is 9.92. The minimum absolute atomic E-state index is 0.122. The molecular weight excluding hydrogens is 334 g/mol. The molecule has 1 unspecified atom stereocenters. The monoisotopic (exact) mass is 361 g/mol. The van der Waals surface area contributed by atoms with E-state index >= 15 is 0 Å². The summed E-state index contributed by atoms with van der Waals surface area (Å²) in [5.74, 6) is 0. The zero-order valence-electron chi connectivity index (χ0n) is 15.8. The molecular formula is C22H27N5.